The minimum absolute atomic E-state index is 0.00722. The third-order valence-corrected chi connectivity index (χ3v) is 5.32. The van der Waals surface area contributed by atoms with Gasteiger partial charge in [-0.05, 0) is 62.5 Å². The number of carbonyl (C=O) groups is 2. The second kappa shape index (κ2) is 8.20. The van der Waals surface area contributed by atoms with E-state index in [9.17, 15) is 14.0 Å². The Hall–Kier alpha value is -3.32. The number of rotatable bonds is 3. The first-order chi connectivity index (χ1) is 14.4. The number of aryl methyl sites for hydroxylation is 1. The van der Waals surface area contributed by atoms with Crippen molar-refractivity contribution >= 4 is 28.4 Å². The average Bonchev–Trinajstić information content (AvgIpc) is 2.74. The molecule has 7 heteroatoms. The lowest BCUT2D eigenvalue weighted by Gasteiger charge is -2.32. The molecule has 6 nitrogen and oxygen atoms in total. The Balaban J connectivity index is 1.51. The summed E-state index contributed by atoms with van der Waals surface area (Å²) in [6, 6.07) is 12.7. The van der Waals surface area contributed by atoms with Gasteiger partial charge in [0, 0.05) is 48.5 Å². The van der Waals surface area contributed by atoms with Crippen molar-refractivity contribution in [1.82, 2.24) is 14.8 Å². The van der Waals surface area contributed by atoms with Crippen molar-refractivity contribution in [3.05, 3.63) is 71.2 Å². The van der Waals surface area contributed by atoms with Crippen molar-refractivity contribution in [2.24, 2.45) is 0 Å². The molecule has 0 radical (unpaired) electrons. The predicted molar refractivity (Wildman–Crippen MR) is 114 cm³/mol. The number of aromatic nitrogens is 1. The number of likely N-dealkylation sites (N-methyl/N-ethyl adjacent to an activating group) is 1. The molecule has 154 valence electrons. The van der Waals surface area contributed by atoms with Gasteiger partial charge in [-0.2, -0.15) is 0 Å². The van der Waals surface area contributed by atoms with Crippen molar-refractivity contribution in [1.29, 1.82) is 0 Å². The number of amides is 2. The molecule has 1 aliphatic heterocycles. The van der Waals surface area contributed by atoms with E-state index in [4.69, 9.17) is 0 Å². The van der Waals surface area contributed by atoms with Crippen molar-refractivity contribution in [3.8, 4) is 0 Å². The monoisotopic (exact) mass is 406 g/mol. The maximum Gasteiger partial charge on any atom is 0.256 e. The van der Waals surface area contributed by atoms with E-state index >= 15 is 0 Å². The summed E-state index contributed by atoms with van der Waals surface area (Å²) in [7, 11) is 2.04. The van der Waals surface area contributed by atoms with Gasteiger partial charge >= 0.3 is 0 Å². The predicted octanol–water partition coefficient (Wildman–Crippen LogP) is 3.32. The lowest BCUT2D eigenvalue weighted by molar-refractivity contribution is 0.0664. The fraction of sp³-hybridized carbons (Fsp3) is 0.261. The maximum absolute atomic E-state index is 13.7. The molecule has 0 saturated carbocycles. The summed E-state index contributed by atoms with van der Waals surface area (Å²) in [4.78, 5) is 33.9. The first-order valence-corrected chi connectivity index (χ1v) is 9.87. The molecule has 0 bridgehead atoms. The highest BCUT2D eigenvalue weighted by Gasteiger charge is 2.20. The molecule has 0 atom stereocenters. The van der Waals surface area contributed by atoms with E-state index in [2.05, 4.69) is 15.2 Å². The van der Waals surface area contributed by atoms with Crippen LogP contribution in [0.15, 0.2) is 48.5 Å². The number of benzene rings is 2. The van der Waals surface area contributed by atoms with Crippen LogP contribution in [-0.4, -0.2) is 59.8 Å². The zero-order valence-electron chi connectivity index (χ0n) is 17.0. The number of nitrogens with one attached hydrogen (secondary N) is 1. The Kier molecular flexibility index (Phi) is 5.46. The van der Waals surface area contributed by atoms with Crippen LogP contribution in [0.4, 0.5) is 10.1 Å². The van der Waals surface area contributed by atoms with E-state index in [1.54, 1.807) is 43.3 Å². The van der Waals surface area contributed by atoms with Gasteiger partial charge in [0.2, 0.25) is 0 Å². The molecular weight excluding hydrogens is 383 g/mol. The summed E-state index contributed by atoms with van der Waals surface area (Å²) in [5.74, 6) is -0.782. The van der Waals surface area contributed by atoms with E-state index in [1.165, 1.54) is 12.1 Å². The number of hydrogen-bond donors (Lipinski definition) is 1. The van der Waals surface area contributed by atoms with Gasteiger partial charge in [0.25, 0.3) is 11.8 Å². The first kappa shape index (κ1) is 20.0. The van der Waals surface area contributed by atoms with E-state index < -0.39 is 5.82 Å². The van der Waals surface area contributed by atoms with Crippen molar-refractivity contribution in [2.45, 2.75) is 6.92 Å². The van der Waals surface area contributed by atoms with E-state index in [1.807, 2.05) is 11.9 Å². The minimum atomic E-state index is -0.422. The van der Waals surface area contributed by atoms with Crippen LogP contribution in [0.5, 0.6) is 0 Å². The fourth-order valence-electron chi connectivity index (χ4n) is 3.60. The number of fused-ring (bicyclic) bond motifs is 1. The van der Waals surface area contributed by atoms with Crippen LogP contribution in [0.3, 0.4) is 0 Å². The molecule has 2 amide bonds. The van der Waals surface area contributed by atoms with Gasteiger partial charge < -0.3 is 15.1 Å². The van der Waals surface area contributed by atoms with Gasteiger partial charge in [-0.1, -0.05) is 0 Å². The summed E-state index contributed by atoms with van der Waals surface area (Å²) in [6.07, 6.45) is 0. The van der Waals surface area contributed by atoms with E-state index in [0.717, 1.165) is 13.1 Å². The van der Waals surface area contributed by atoms with Gasteiger partial charge in [-0.25, -0.2) is 4.39 Å². The van der Waals surface area contributed by atoms with Crippen LogP contribution in [0.2, 0.25) is 0 Å². The molecule has 1 saturated heterocycles. The lowest BCUT2D eigenvalue weighted by atomic mass is 10.1. The molecule has 1 aliphatic rings. The molecule has 0 unspecified atom stereocenters. The molecule has 1 fully saturated rings. The third kappa shape index (κ3) is 4.16. The molecule has 0 spiro atoms. The Labute approximate surface area is 174 Å². The number of nitrogens with zero attached hydrogens (tertiary/aromatic N) is 3. The summed E-state index contributed by atoms with van der Waals surface area (Å²) in [5, 5.41) is 3.29. The Morgan fingerprint density at radius 2 is 1.70 bits per heavy atom. The number of hydrogen-bond acceptors (Lipinski definition) is 4. The van der Waals surface area contributed by atoms with Gasteiger partial charge in [-0.15, -0.1) is 0 Å². The van der Waals surface area contributed by atoms with Gasteiger partial charge in [0.1, 0.15) is 5.82 Å². The molecule has 4 rings (SSSR count). The van der Waals surface area contributed by atoms with Crippen molar-refractivity contribution < 1.29 is 14.0 Å². The Morgan fingerprint density at radius 3 is 2.40 bits per heavy atom. The van der Waals surface area contributed by atoms with Gasteiger partial charge in [0.15, 0.2) is 0 Å². The minimum Gasteiger partial charge on any atom is -0.336 e. The zero-order valence-corrected chi connectivity index (χ0v) is 17.0. The number of pyridine rings is 1. The number of anilines is 1. The Morgan fingerprint density at radius 1 is 1.00 bits per heavy atom. The average molecular weight is 406 g/mol. The molecule has 1 N–H and O–H groups in total. The second-order valence-electron chi connectivity index (χ2n) is 7.60. The summed E-state index contributed by atoms with van der Waals surface area (Å²) >= 11 is 0. The normalized spacial score (nSPS) is 14.7. The second-order valence-corrected chi connectivity index (χ2v) is 7.60. The smallest absolute Gasteiger partial charge is 0.256 e. The summed E-state index contributed by atoms with van der Waals surface area (Å²) in [5.41, 5.74) is 2.75. The standard InChI is InChI=1S/C23H23FN4O2/c1-15-13-20(19-14-17(24)5-8-21(19)25-15)22(29)26-18-6-3-16(4-7-18)23(30)28-11-9-27(2)10-12-28/h3-8,13-14H,9-12H2,1-2H3,(H,26,29). The van der Waals surface area contributed by atoms with E-state index in [0.29, 0.717) is 46.5 Å². The first-order valence-electron chi connectivity index (χ1n) is 9.87. The molecule has 2 heterocycles. The molecule has 1 aromatic heterocycles. The van der Waals surface area contributed by atoms with Crippen LogP contribution in [0.1, 0.15) is 26.4 Å². The number of carbonyl (C=O) groups excluding carboxylic acids is 2. The zero-order chi connectivity index (χ0) is 21.3. The molecule has 3 aromatic rings. The maximum atomic E-state index is 13.7. The quantitative estimate of drug-likeness (QED) is 0.725. The molecule has 2 aromatic carbocycles. The van der Waals surface area contributed by atoms with Crippen molar-refractivity contribution in [3.63, 3.8) is 0 Å². The van der Waals surface area contributed by atoms with Crippen LogP contribution in [0, 0.1) is 12.7 Å². The third-order valence-electron chi connectivity index (χ3n) is 5.32. The van der Waals surface area contributed by atoms with Crippen molar-refractivity contribution in [2.75, 3.05) is 38.5 Å². The largest absolute Gasteiger partial charge is 0.336 e. The van der Waals surface area contributed by atoms with Gasteiger partial charge in [0.05, 0.1) is 11.1 Å². The molecule has 30 heavy (non-hydrogen) atoms. The van der Waals surface area contributed by atoms with E-state index in [-0.39, 0.29) is 11.8 Å². The molecular formula is C23H23FN4O2. The Bertz CT molecular complexity index is 1110. The highest BCUT2D eigenvalue weighted by atomic mass is 19.1. The summed E-state index contributed by atoms with van der Waals surface area (Å²) < 4.78 is 13.7. The van der Waals surface area contributed by atoms with Crippen LogP contribution >= 0.6 is 0 Å². The topological polar surface area (TPSA) is 65.5 Å². The summed E-state index contributed by atoms with van der Waals surface area (Å²) in [6.45, 7) is 4.93. The van der Waals surface area contributed by atoms with Gasteiger partial charge in [-0.3, -0.25) is 14.6 Å². The van der Waals surface area contributed by atoms with Crippen LogP contribution in [0.25, 0.3) is 10.9 Å². The lowest BCUT2D eigenvalue weighted by Crippen LogP contribution is -2.47. The number of halogens is 1. The SMILES string of the molecule is Cc1cc(C(=O)Nc2ccc(C(=O)N3CCN(C)CC3)cc2)c2cc(F)ccc2n1. The molecule has 0 aliphatic carbocycles. The van der Waals surface area contributed by atoms with Crippen LogP contribution in [-0.2, 0) is 0 Å². The fourth-order valence-corrected chi connectivity index (χ4v) is 3.60. The van der Waals surface area contributed by atoms with Crippen LogP contribution < -0.4 is 5.32 Å². The highest BCUT2D eigenvalue weighted by Crippen LogP contribution is 2.21. The highest BCUT2D eigenvalue weighted by molar-refractivity contribution is 6.12. The number of piperazine rings is 1.